The molecule has 1 heterocycles. The molecule has 0 spiro atoms. The Balaban J connectivity index is 2.14. The molecule has 20 heavy (non-hydrogen) atoms. The summed E-state index contributed by atoms with van der Waals surface area (Å²) >= 11 is 5.97. The van der Waals surface area contributed by atoms with Gasteiger partial charge >= 0.3 is 0 Å². The first-order chi connectivity index (χ1) is 9.47. The second kappa shape index (κ2) is 6.33. The largest absolute Gasteiger partial charge is 0.338 e. The number of benzene rings is 1. The first-order valence-electron chi connectivity index (χ1n) is 6.48. The summed E-state index contributed by atoms with van der Waals surface area (Å²) < 4.78 is 18.8. The van der Waals surface area contributed by atoms with E-state index in [4.69, 9.17) is 21.9 Å². The van der Waals surface area contributed by atoms with Crippen LogP contribution in [0.15, 0.2) is 22.7 Å². The third kappa shape index (κ3) is 3.55. The Bertz CT molecular complexity index is 565. The van der Waals surface area contributed by atoms with Crippen LogP contribution in [0.25, 0.3) is 0 Å². The average molecular weight is 298 g/mol. The van der Waals surface area contributed by atoms with E-state index in [-0.39, 0.29) is 18.3 Å². The second-order valence-corrected chi connectivity index (χ2v) is 5.57. The van der Waals surface area contributed by atoms with Gasteiger partial charge in [0, 0.05) is 17.0 Å². The van der Waals surface area contributed by atoms with Crippen molar-refractivity contribution in [3.63, 3.8) is 0 Å². The topological polar surface area (TPSA) is 64.9 Å². The Hall–Kier alpha value is -1.46. The highest BCUT2D eigenvalue weighted by atomic mass is 35.5. The van der Waals surface area contributed by atoms with Gasteiger partial charge in [0.2, 0.25) is 5.89 Å². The van der Waals surface area contributed by atoms with Crippen LogP contribution < -0.4 is 5.73 Å². The van der Waals surface area contributed by atoms with Crippen molar-refractivity contribution in [2.75, 3.05) is 0 Å². The molecule has 0 fully saturated rings. The highest BCUT2D eigenvalue weighted by Gasteiger charge is 2.17. The SMILES string of the molecule is CC(C)C[C@@H](N)c1nc(Cc2c(F)cccc2Cl)no1. The Labute approximate surface area is 122 Å². The van der Waals surface area contributed by atoms with Crippen LogP contribution in [0.3, 0.4) is 0 Å². The molecule has 0 bridgehead atoms. The number of aromatic nitrogens is 2. The van der Waals surface area contributed by atoms with E-state index in [1.165, 1.54) is 6.07 Å². The standard InChI is InChI=1S/C14H17ClFN3O/c1-8(2)6-12(17)14-18-13(19-20-14)7-9-10(15)4-3-5-11(9)16/h3-5,8,12H,6-7,17H2,1-2H3/t12-/m1/s1. The fourth-order valence-corrected chi connectivity index (χ4v) is 2.19. The maximum atomic E-state index is 13.7. The van der Waals surface area contributed by atoms with E-state index < -0.39 is 0 Å². The van der Waals surface area contributed by atoms with Crippen LogP contribution in [0.2, 0.25) is 5.02 Å². The number of nitrogens with two attached hydrogens (primary N) is 1. The van der Waals surface area contributed by atoms with E-state index >= 15 is 0 Å². The zero-order valence-corrected chi connectivity index (χ0v) is 12.2. The normalized spacial score (nSPS) is 12.9. The molecule has 2 aromatic rings. The predicted molar refractivity (Wildman–Crippen MR) is 74.9 cm³/mol. The summed E-state index contributed by atoms with van der Waals surface area (Å²) in [6, 6.07) is 4.24. The summed E-state index contributed by atoms with van der Waals surface area (Å²) in [4.78, 5) is 4.21. The van der Waals surface area contributed by atoms with E-state index in [9.17, 15) is 4.39 Å². The number of nitrogens with zero attached hydrogens (tertiary/aromatic N) is 2. The molecule has 1 aromatic carbocycles. The van der Waals surface area contributed by atoms with E-state index in [1.54, 1.807) is 12.1 Å². The van der Waals surface area contributed by atoms with E-state index in [0.29, 0.717) is 28.2 Å². The molecule has 2 N–H and O–H groups in total. The molecule has 0 saturated carbocycles. The summed E-state index contributed by atoms with van der Waals surface area (Å²) in [6.07, 6.45) is 0.936. The maximum Gasteiger partial charge on any atom is 0.243 e. The second-order valence-electron chi connectivity index (χ2n) is 5.16. The van der Waals surface area contributed by atoms with Crippen LogP contribution in [0.5, 0.6) is 0 Å². The van der Waals surface area contributed by atoms with Crippen molar-refractivity contribution < 1.29 is 8.91 Å². The van der Waals surface area contributed by atoms with Crippen LogP contribution in [0, 0.1) is 11.7 Å². The van der Waals surface area contributed by atoms with Crippen molar-refractivity contribution in [2.24, 2.45) is 11.7 Å². The zero-order chi connectivity index (χ0) is 14.7. The Morgan fingerprint density at radius 2 is 2.15 bits per heavy atom. The lowest BCUT2D eigenvalue weighted by Gasteiger charge is -2.08. The molecule has 108 valence electrons. The minimum Gasteiger partial charge on any atom is -0.338 e. The van der Waals surface area contributed by atoms with Gasteiger partial charge in [-0.3, -0.25) is 0 Å². The molecule has 2 rings (SSSR count). The summed E-state index contributed by atoms with van der Waals surface area (Å²) in [5.74, 6) is 0.809. The third-order valence-electron chi connectivity index (χ3n) is 2.92. The smallest absolute Gasteiger partial charge is 0.243 e. The van der Waals surface area contributed by atoms with Gasteiger partial charge in [0.25, 0.3) is 0 Å². The maximum absolute atomic E-state index is 13.7. The van der Waals surface area contributed by atoms with Crippen molar-refractivity contribution in [1.29, 1.82) is 0 Å². The molecule has 0 aliphatic carbocycles. The van der Waals surface area contributed by atoms with Gasteiger partial charge in [-0.1, -0.05) is 36.7 Å². The minimum absolute atomic E-state index is 0.184. The molecular formula is C14H17ClFN3O. The van der Waals surface area contributed by atoms with Crippen LogP contribution in [-0.4, -0.2) is 10.1 Å². The van der Waals surface area contributed by atoms with Gasteiger partial charge in [-0.2, -0.15) is 4.98 Å². The van der Waals surface area contributed by atoms with Crippen molar-refractivity contribution >= 4 is 11.6 Å². The first-order valence-corrected chi connectivity index (χ1v) is 6.86. The fraction of sp³-hybridized carbons (Fsp3) is 0.429. The lowest BCUT2D eigenvalue weighted by molar-refractivity contribution is 0.332. The predicted octanol–water partition coefficient (Wildman–Crippen LogP) is 3.50. The summed E-state index contributed by atoms with van der Waals surface area (Å²) in [6.45, 7) is 4.13. The van der Waals surface area contributed by atoms with Gasteiger partial charge < -0.3 is 10.3 Å². The number of halogens is 2. The van der Waals surface area contributed by atoms with Gasteiger partial charge in [0.05, 0.1) is 6.04 Å². The van der Waals surface area contributed by atoms with E-state index in [0.717, 1.165) is 6.42 Å². The Morgan fingerprint density at radius 1 is 1.40 bits per heavy atom. The van der Waals surface area contributed by atoms with Gasteiger partial charge in [-0.15, -0.1) is 0 Å². The van der Waals surface area contributed by atoms with E-state index in [2.05, 4.69) is 24.0 Å². The summed E-state index contributed by atoms with van der Waals surface area (Å²) in [7, 11) is 0. The van der Waals surface area contributed by atoms with Gasteiger partial charge in [-0.05, 0) is 24.5 Å². The van der Waals surface area contributed by atoms with Crippen LogP contribution in [0.1, 0.15) is 43.6 Å². The number of hydrogen-bond acceptors (Lipinski definition) is 4. The van der Waals surface area contributed by atoms with Gasteiger partial charge in [-0.25, -0.2) is 4.39 Å². The van der Waals surface area contributed by atoms with Crippen molar-refractivity contribution in [1.82, 2.24) is 10.1 Å². The molecule has 0 amide bonds. The van der Waals surface area contributed by atoms with Crippen LogP contribution in [-0.2, 0) is 6.42 Å². The Morgan fingerprint density at radius 3 is 2.80 bits per heavy atom. The monoisotopic (exact) mass is 297 g/mol. The molecule has 6 heteroatoms. The van der Waals surface area contributed by atoms with Crippen LogP contribution >= 0.6 is 11.6 Å². The lowest BCUT2D eigenvalue weighted by Crippen LogP contribution is -2.13. The molecule has 0 aliphatic rings. The van der Waals surface area contributed by atoms with Gasteiger partial charge in [0.15, 0.2) is 5.82 Å². The first kappa shape index (κ1) is 14.9. The number of rotatable bonds is 5. The summed E-state index contributed by atoms with van der Waals surface area (Å²) in [5.41, 5.74) is 6.33. The van der Waals surface area contributed by atoms with Crippen LogP contribution in [0.4, 0.5) is 4.39 Å². The molecule has 0 radical (unpaired) electrons. The lowest BCUT2D eigenvalue weighted by atomic mass is 10.0. The van der Waals surface area contributed by atoms with Crippen molar-refractivity contribution in [3.05, 3.63) is 46.3 Å². The minimum atomic E-state index is -0.379. The molecule has 1 atom stereocenters. The van der Waals surface area contributed by atoms with Crippen molar-refractivity contribution in [3.8, 4) is 0 Å². The molecule has 1 aromatic heterocycles. The Kier molecular flexibility index (Phi) is 4.73. The summed E-state index contributed by atoms with van der Waals surface area (Å²) in [5, 5.41) is 4.18. The fourth-order valence-electron chi connectivity index (χ4n) is 1.96. The average Bonchev–Trinajstić information content (AvgIpc) is 2.82. The molecule has 0 unspecified atom stereocenters. The van der Waals surface area contributed by atoms with Gasteiger partial charge in [0.1, 0.15) is 5.82 Å². The zero-order valence-electron chi connectivity index (χ0n) is 11.4. The molecule has 0 saturated heterocycles. The van der Waals surface area contributed by atoms with Crippen molar-refractivity contribution in [2.45, 2.75) is 32.7 Å². The quantitative estimate of drug-likeness (QED) is 0.917. The third-order valence-corrected chi connectivity index (χ3v) is 3.28. The highest BCUT2D eigenvalue weighted by molar-refractivity contribution is 6.31. The molecule has 0 aliphatic heterocycles. The highest BCUT2D eigenvalue weighted by Crippen LogP contribution is 2.22. The van der Waals surface area contributed by atoms with E-state index in [1.807, 2.05) is 0 Å². The number of hydrogen-bond donors (Lipinski definition) is 1. The molecular weight excluding hydrogens is 281 g/mol. The molecule has 4 nitrogen and oxygen atoms in total.